The van der Waals surface area contributed by atoms with Gasteiger partial charge in [0.2, 0.25) is 0 Å². The van der Waals surface area contributed by atoms with E-state index >= 15 is 0 Å². The average molecular weight is 323 g/mol. The van der Waals surface area contributed by atoms with Gasteiger partial charge in [0.25, 0.3) is 12.3 Å². The average Bonchev–Trinajstić information content (AvgIpc) is 3.03. The maximum atomic E-state index is 13.1. The molecular weight excluding hydrogens is 308 g/mol. The third-order valence-electron chi connectivity index (χ3n) is 3.64. The minimum atomic E-state index is -2.81. The van der Waals surface area contributed by atoms with Crippen LogP contribution in [0.2, 0.25) is 0 Å². The zero-order valence-corrected chi connectivity index (χ0v) is 12.3. The first kappa shape index (κ1) is 15.4. The third-order valence-corrected chi connectivity index (χ3v) is 3.64. The highest BCUT2D eigenvalue weighted by Gasteiger charge is 2.37. The smallest absolute Gasteiger partial charge is 0.297 e. The Kier molecular flexibility index (Phi) is 4.24. The number of aromatic nitrogens is 1. The Morgan fingerprint density at radius 3 is 2.96 bits per heavy atom. The van der Waals surface area contributed by atoms with Crippen LogP contribution in [0.1, 0.15) is 34.4 Å². The number of oxazole rings is 1. The Morgan fingerprint density at radius 1 is 1.43 bits per heavy atom. The number of hydrogen-bond acceptors (Lipinski definition) is 5. The second-order valence-corrected chi connectivity index (χ2v) is 4.99. The van der Waals surface area contributed by atoms with Gasteiger partial charge in [0, 0.05) is 19.3 Å². The van der Waals surface area contributed by atoms with Crippen molar-refractivity contribution in [3.8, 4) is 0 Å². The maximum Gasteiger partial charge on any atom is 0.297 e. The van der Waals surface area contributed by atoms with Crippen LogP contribution in [-0.2, 0) is 4.74 Å². The SMILES string of the molecule is COCCN1C(=O)c2ccccc2NC1c1ncoc1C(F)F. The highest BCUT2D eigenvalue weighted by molar-refractivity contribution is 6.01. The molecular formula is C15H15F2N3O3. The Balaban J connectivity index is 2.02. The fourth-order valence-electron chi connectivity index (χ4n) is 2.56. The molecule has 0 fully saturated rings. The lowest BCUT2D eigenvalue weighted by Crippen LogP contribution is -2.45. The number of benzene rings is 1. The second kappa shape index (κ2) is 6.33. The summed E-state index contributed by atoms with van der Waals surface area (Å²) in [5.41, 5.74) is 1.04. The largest absolute Gasteiger partial charge is 0.442 e. The van der Waals surface area contributed by atoms with Crippen LogP contribution in [-0.4, -0.2) is 36.1 Å². The number of fused-ring (bicyclic) bond motifs is 1. The molecule has 1 unspecified atom stereocenters. The van der Waals surface area contributed by atoms with Gasteiger partial charge in [0.15, 0.2) is 12.2 Å². The molecule has 1 aliphatic heterocycles. The molecule has 8 heteroatoms. The van der Waals surface area contributed by atoms with Gasteiger partial charge in [-0.25, -0.2) is 13.8 Å². The van der Waals surface area contributed by atoms with E-state index < -0.39 is 18.4 Å². The molecule has 1 aromatic carbocycles. The molecule has 23 heavy (non-hydrogen) atoms. The lowest BCUT2D eigenvalue weighted by atomic mass is 10.1. The number of halogens is 2. The van der Waals surface area contributed by atoms with E-state index in [0.717, 1.165) is 6.39 Å². The molecule has 1 atom stereocenters. The summed E-state index contributed by atoms with van der Waals surface area (Å²) in [7, 11) is 1.51. The minimum absolute atomic E-state index is 0.000967. The molecule has 0 saturated carbocycles. The van der Waals surface area contributed by atoms with E-state index in [4.69, 9.17) is 9.15 Å². The van der Waals surface area contributed by atoms with E-state index in [0.29, 0.717) is 11.3 Å². The fraction of sp³-hybridized carbons (Fsp3) is 0.333. The number of nitrogens with zero attached hydrogens (tertiary/aromatic N) is 2. The molecule has 0 bridgehead atoms. The summed E-state index contributed by atoms with van der Waals surface area (Å²) in [6.07, 6.45) is -2.70. The number of ether oxygens (including phenoxy) is 1. The summed E-state index contributed by atoms with van der Waals surface area (Å²) in [5.74, 6) is -0.818. The van der Waals surface area contributed by atoms with Crippen LogP contribution < -0.4 is 5.32 Å². The van der Waals surface area contributed by atoms with Gasteiger partial charge in [-0.2, -0.15) is 0 Å². The van der Waals surface area contributed by atoms with Crippen LogP contribution in [0.4, 0.5) is 14.5 Å². The van der Waals surface area contributed by atoms with E-state index in [-0.39, 0.29) is 24.8 Å². The van der Waals surface area contributed by atoms with E-state index in [1.807, 2.05) is 0 Å². The van der Waals surface area contributed by atoms with E-state index in [1.165, 1.54) is 12.0 Å². The summed E-state index contributed by atoms with van der Waals surface area (Å²) in [6.45, 7) is 0.505. The molecule has 2 aromatic rings. The Labute approximate surface area is 131 Å². The molecule has 1 aliphatic rings. The first-order valence-electron chi connectivity index (χ1n) is 7.00. The lowest BCUT2D eigenvalue weighted by molar-refractivity contribution is 0.0592. The van der Waals surface area contributed by atoms with Gasteiger partial charge in [-0.3, -0.25) is 4.79 Å². The van der Waals surface area contributed by atoms with Crippen LogP contribution in [0.25, 0.3) is 0 Å². The number of alkyl halides is 2. The molecule has 0 spiro atoms. The summed E-state index contributed by atoms with van der Waals surface area (Å²) >= 11 is 0. The molecule has 1 amide bonds. The molecule has 2 heterocycles. The number of amides is 1. The van der Waals surface area contributed by atoms with Crippen molar-refractivity contribution in [2.75, 3.05) is 25.6 Å². The summed E-state index contributed by atoms with van der Waals surface area (Å²) in [5, 5.41) is 3.08. The van der Waals surface area contributed by atoms with Crippen molar-refractivity contribution in [1.82, 2.24) is 9.88 Å². The van der Waals surface area contributed by atoms with Crippen molar-refractivity contribution in [3.05, 3.63) is 47.7 Å². The standard InChI is InChI=1S/C15H15F2N3O3/c1-22-7-6-20-14(11-12(13(16)17)23-8-18-11)19-10-5-3-2-4-9(10)15(20)21/h2-5,8,13-14,19H,6-7H2,1H3. The van der Waals surface area contributed by atoms with Crippen molar-refractivity contribution in [2.24, 2.45) is 0 Å². The van der Waals surface area contributed by atoms with Gasteiger partial charge in [-0.05, 0) is 12.1 Å². The van der Waals surface area contributed by atoms with E-state index in [1.54, 1.807) is 24.3 Å². The molecule has 1 aromatic heterocycles. The van der Waals surface area contributed by atoms with Gasteiger partial charge < -0.3 is 19.4 Å². The van der Waals surface area contributed by atoms with Crippen molar-refractivity contribution >= 4 is 11.6 Å². The molecule has 0 saturated heterocycles. The van der Waals surface area contributed by atoms with Crippen LogP contribution in [0.3, 0.4) is 0 Å². The maximum absolute atomic E-state index is 13.1. The molecule has 3 rings (SSSR count). The highest BCUT2D eigenvalue weighted by Crippen LogP contribution is 2.35. The monoisotopic (exact) mass is 323 g/mol. The minimum Gasteiger partial charge on any atom is -0.442 e. The van der Waals surface area contributed by atoms with Crippen molar-refractivity contribution in [1.29, 1.82) is 0 Å². The van der Waals surface area contributed by atoms with Gasteiger partial charge in [0.1, 0.15) is 11.9 Å². The Morgan fingerprint density at radius 2 is 2.22 bits per heavy atom. The summed E-state index contributed by atoms with van der Waals surface area (Å²) in [6, 6.07) is 6.90. The molecule has 0 aliphatic carbocycles. The second-order valence-electron chi connectivity index (χ2n) is 4.99. The number of para-hydroxylation sites is 1. The zero-order valence-electron chi connectivity index (χ0n) is 12.3. The van der Waals surface area contributed by atoms with Gasteiger partial charge in [-0.15, -0.1) is 0 Å². The van der Waals surface area contributed by atoms with Crippen molar-refractivity contribution < 1.29 is 22.7 Å². The molecule has 122 valence electrons. The zero-order chi connectivity index (χ0) is 16.4. The number of nitrogens with one attached hydrogen (secondary N) is 1. The van der Waals surface area contributed by atoms with Gasteiger partial charge in [0.05, 0.1) is 12.2 Å². The summed E-state index contributed by atoms with van der Waals surface area (Å²) in [4.78, 5) is 18.0. The molecule has 1 N–H and O–H groups in total. The lowest BCUT2D eigenvalue weighted by Gasteiger charge is -2.37. The number of rotatable bonds is 5. The normalized spacial score (nSPS) is 17.3. The quantitative estimate of drug-likeness (QED) is 0.916. The summed E-state index contributed by atoms with van der Waals surface area (Å²) < 4.78 is 36.0. The molecule has 0 radical (unpaired) electrons. The Hall–Kier alpha value is -2.48. The van der Waals surface area contributed by atoms with Crippen LogP contribution in [0, 0.1) is 0 Å². The van der Waals surface area contributed by atoms with E-state index in [2.05, 4.69) is 10.3 Å². The fourth-order valence-corrected chi connectivity index (χ4v) is 2.56. The van der Waals surface area contributed by atoms with Crippen LogP contribution in [0.5, 0.6) is 0 Å². The third kappa shape index (κ3) is 2.77. The first-order valence-corrected chi connectivity index (χ1v) is 7.00. The predicted octanol–water partition coefficient (Wildman–Crippen LogP) is 2.83. The number of carbonyl (C=O) groups is 1. The van der Waals surface area contributed by atoms with E-state index in [9.17, 15) is 13.6 Å². The molecule has 6 nitrogen and oxygen atoms in total. The van der Waals surface area contributed by atoms with Crippen molar-refractivity contribution in [2.45, 2.75) is 12.6 Å². The predicted molar refractivity (Wildman–Crippen MR) is 77.2 cm³/mol. The number of methoxy groups -OCH3 is 1. The number of hydrogen-bond donors (Lipinski definition) is 1. The van der Waals surface area contributed by atoms with Gasteiger partial charge >= 0.3 is 0 Å². The first-order chi connectivity index (χ1) is 11.1. The van der Waals surface area contributed by atoms with Crippen LogP contribution >= 0.6 is 0 Å². The highest BCUT2D eigenvalue weighted by atomic mass is 19.3. The van der Waals surface area contributed by atoms with Crippen LogP contribution in [0.15, 0.2) is 35.1 Å². The Bertz CT molecular complexity index is 705. The topological polar surface area (TPSA) is 67.6 Å². The number of carbonyl (C=O) groups excluding carboxylic acids is 1. The van der Waals surface area contributed by atoms with Crippen molar-refractivity contribution in [3.63, 3.8) is 0 Å². The van der Waals surface area contributed by atoms with Gasteiger partial charge in [-0.1, -0.05) is 12.1 Å². The number of anilines is 1.